The second-order valence-electron chi connectivity index (χ2n) is 1.14. The van der Waals surface area contributed by atoms with Crippen molar-refractivity contribution < 1.29 is 13.7 Å². The highest BCUT2D eigenvalue weighted by molar-refractivity contribution is 6.59. The third kappa shape index (κ3) is 1.52. The normalized spacial score (nSPS) is 20.4. The fourth-order valence-corrected chi connectivity index (χ4v) is 0.312. The molecule has 36 valence electrons. The average molecular weight is 98.5 g/mol. The van der Waals surface area contributed by atoms with Crippen LogP contribution in [0.4, 0.5) is 0 Å². The first-order chi connectivity index (χ1) is 3.39. The maximum absolute atomic E-state index is 5.11. The number of hydrogen-bond acceptors (Lipinski definition) is 4. The van der Waals surface area contributed by atoms with Crippen molar-refractivity contribution in [2.75, 3.05) is 0 Å². The standard InChI is InChI=1S/B3H4NO3/c4-3-6-1-5-2-7-3/h1-2H,4H2. The molecule has 1 saturated heterocycles. The Kier molecular flexibility index (Phi) is 1.75. The van der Waals surface area contributed by atoms with Gasteiger partial charge in [0.1, 0.15) is 0 Å². The van der Waals surface area contributed by atoms with Gasteiger partial charge in [-0.3, -0.25) is 0 Å². The predicted octanol–water partition coefficient (Wildman–Crippen LogP) is -2.47. The Hall–Kier alpha value is 0.0348. The van der Waals surface area contributed by atoms with Gasteiger partial charge in [0.05, 0.1) is 0 Å². The minimum atomic E-state index is -0.589. The minimum Gasteiger partial charge on any atom is -0.458 e. The summed E-state index contributed by atoms with van der Waals surface area (Å²) in [6.45, 7) is 0. The topological polar surface area (TPSA) is 53.7 Å². The third-order valence-corrected chi connectivity index (χ3v) is 0.631. The summed E-state index contributed by atoms with van der Waals surface area (Å²) >= 11 is 0. The molecule has 7 heteroatoms. The maximum Gasteiger partial charge on any atom is 0.523 e. The van der Waals surface area contributed by atoms with E-state index in [1.54, 1.807) is 0 Å². The van der Waals surface area contributed by atoms with Crippen molar-refractivity contribution >= 4 is 22.6 Å². The predicted molar refractivity (Wildman–Crippen MR) is 27.5 cm³/mol. The number of nitrogens with two attached hydrogens (primary N) is 1. The van der Waals surface area contributed by atoms with Crippen molar-refractivity contribution in [2.24, 2.45) is 5.64 Å². The van der Waals surface area contributed by atoms with E-state index in [0.717, 1.165) is 0 Å². The van der Waals surface area contributed by atoms with Gasteiger partial charge in [0, 0.05) is 0 Å². The highest BCUT2D eigenvalue weighted by atomic mass is 16.7. The molecule has 0 aliphatic carbocycles. The zero-order chi connectivity index (χ0) is 5.11. The molecule has 0 amide bonds. The molecule has 4 nitrogen and oxygen atoms in total. The second-order valence-corrected chi connectivity index (χ2v) is 1.14. The maximum atomic E-state index is 5.11. The van der Waals surface area contributed by atoms with E-state index >= 15 is 0 Å². The van der Waals surface area contributed by atoms with Gasteiger partial charge in [-0.25, -0.2) is 0 Å². The number of rotatable bonds is 0. The molecule has 0 aromatic rings. The van der Waals surface area contributed by atoms with E-state index in [4.69, 9.17) is 5.64 Å². The summed E-state index contributed by atoms with van der Waals surface area (Å²) in [6, 6.07) is 0. The molecule has 0 unspecified atom stereocenters. The fourth-order valence-electron chi connectivity index (χ4n) is 0.312. The lowest BCUT2D eigenvalue weighted by atomic mass is 10.0. The van der Waals surface area contributed by atoms with Crippen LogP contribution in [0.5, 0.6) is 0 Å². The molecule has 1 heterocycles. The van der Waals surface area contributed by atoms with E-state index in [9.17, 15) is 0 Å². The quantitative estimate of drug-likeness (QED) is 0.341. The molecule has 1 fully saturated rings. The molecule has 0 radical (unpaired) electrons. The summed E-state index contributed by atoms with van der Waals surface area (Å²) in [5, 5.41) is 0. The molecule has 0 aromatic heterocycles. The van der Waals surface area contributed by atoms with Gasteiger partial charge in [-0.15, -0.1) is 0 Å². The Balaban J connectivity index is 2.12. The van der Waals surface area contributed by atoms with Gasteiger partial charge in [0.25, 0.3) is 0 Å². The summed E-state index contributed by atoms with van der Waals surface area (Å²) < 4.78 is 13.8. The molecule has 1 rings (SSSR count). The van der Waals surface area contributed by atoms with E-state index in [-0.39, 0.29) is 15.4 Å². The van der Waals surface area contributed by atoms with Crippen LogP contribution in [0.25, 0.3) is 0 Å². The van der Waals surface area contributed by atoms with Crippen molar-refractivity contribution in [2.45, 2.75) is 0 Å². The van der Waals surface area contributed by atoms with Crippen LogP contribution >= 0.6 is 0 Å². The van der Waals surface area contributed by atoms with Crippen LogP contribution in [0, 0.1) is 0 Å². The van der Waals surface area contributed by atoms with Crippen LogP contribution in [0.1, 0.15) is 0 Å². The van der Waals surface area contributed by atoms with Crippen LogP contribution < -0.4 is 5.64 Å². The minimum absolute atomic E-state index is 0.237. The largest absolute Gasteiger partial charge is 0.523 e. The van der Waals surface area contributed by atoms with Crippen molar-refractivity contribution in [3.63, 3.8) is 0 Å². The van der Waals surface area contributed by atoms with Crippen molar-refractivity contribution in [1.29, 1.82) is 0 Å². The van der Waals surface area contributed by atoms with Crippen LogP contribution in [-0.4, -0.2) is 22.6 Å². The van der Waals surface area contributed by atoms with Crippen LogP contribution in [0.15, 0.2) is 0 Å². The van der Waals surface area contributed by atoms with E-state index in [2.05, 4.69) is 13.7 Å². The highest BCUT2D eigenvalue weighted by Gasteiger charge is 2.17. The van der Waals surface area contributed by atoms with Gasteiger partial charge < -0.3 is 19.4 Å². The van der Waals surface area contributed by atoms with Gasteiger partial charge in [-0.1, -0.05) is 0 Å². The molecule has 1 aliphatic rings. The first-order valence-electron chi connectivity index (χ1n) is 1.96. The summed E-state index contributed by atoms with van der Waals surface area (Å²) in [4.78, 5) is 0. The molecule has 1 aliphatic heterocycles. The Morgan fingerprint density at radius 1 is 1.29 bits per heavy atom. The SMILES string of the molecule is NB1OBOBO1. The average Bonchev–Trinajstić information content (AvgIpc) is 1.69. The van der Waals surface area contributed by atoms with Crippen molar-refractivity contribution in [3.8, 4) is 0 Å². The van der Waals surface area contributed by atoms with Crippen molar-refractivity contribution in [1.82, 2.24) is 0 Å². The van der Waals surface area contributed by atoms with Gasteiger partial charge in [0.15, 0.2) is 0 Å². The van der Waals surface area contributed by atoms with E-state index in [0.29, 0.717) is 0 Å². The van der Waals surface area contributed by atoms with E-state index in [1.807, 2.05) is 0 Å². The summed E-state index contributed by atoms with van der Waals surface area (Å²) in [5.41, 5.74) is 5.11. The van der Waals surface area contributed by atoms with E-state index < -0.39 is 7.25 Å². The zero-order valence-electron chi connectivity index (χ0n) is 3.79. The molecule has 7 heavy (non-hydrogen) atoms. The van der Waals surface area contributed by atoms with Crippen molar-refractivity contribution in [3.05, 3.63) is 0 Å². The summed E-state index contributed by atoms with van der Waals surface area (Å²) in [5.74, 6) is 0. The number of hydrogen-bond donors (Lipinski definition) is 1. The van der Waals surface area contributed by atoms with E-state index in [1.165, 1.54) is 0 Å². The zero-order valence-corrected chi connectivity index (χ0v) is 3.79. The van der Waals surface area contributed by atoms with Gasteiger partial charge >= 0.3 is 22.6 Å². The molecule has 0 saturated carbocycles. The monoisotopic (exact) mass is 99.0 g/mol. The molecule has 0 atom stereocenters. The van der Waals surface area contributed by atoms with Gasteiger partial charge in [-0.2, -0.15) is 0 Å². The Labute approximate surface area is 43.1 Å². The first kappa shape index (κ1) is 5.18. The van der Waals surface area contributed by atoms with Crippen LogP contribution in [-0.2, 0) is 13.7 Å². The Bertz CT molecular complexity index is 52.1. The summed E-state index contributed by atoms with van der Waals surface area (Å²) in [6.07, 6.45) is 0. The molecule has 0 aromatic carbocycles. The summed E-state index contributed by atoms with van der Waals surface area (Å²) in [7, 11) is -0.115. The molecular formula is H4B3NO3. The lowest BCUT2D eigenvalue weighted by molar-refractivity contribution is 0.324. The highest BCUT2D eigenvalue weighted by Crippen LogP contribution is 1.85. The van der Waals surface area contributed by atoms with Gasteiger partial charge in [0.2, 0.25) is 0 Å². The van der Waals surface area contributed by atoms with Crippen LogP contribution in [0.2, 0.25) is 0 Å². The second kappa shape index (κ2) is 2.37. The molecule has 0 spiro atoms. The Morgan fingerprint density at radius 3 is 2.14 bits per heavy atom. The van der Waals surface area contributed by atoms with Crippen LogP contribution in [0.3, 0.4) is 0 Å². The molecule has 2 N–H and O–H groups in total. The lowest BCUT2D eigenvalue weighted by Crippen LogP contribution is -2.42. The fraction of sp³-hybridized carbons (Fsp3) is 0. The third-order valence-electron chi connectivity index (χ3n) is 0.631. The molecular weight excluding hydrogens is 94.4 g/mol. The Morgan fingerprint density at radius 2 is 1.86 bits per heavy atom. The first-order valence-corrected chi connectivity index (χ1v) is 1.96. The lowest BCUT2D eigenvalue weighted by Gasteiger charge is -2.13. The van der Waals surface area contributed by atoms with Gasteiger partial charge in [-0.05, 0) is 0 Å². The molecule has 0 bridgehead atoms. The smallest absolute Gasteiger partial charge is 0.458 e.